The SMILES string of the molecule is Cc1ccc(C)c(-c2cc(N)on2)c1O. The summed E-state index contributed by atoms with van der Waals surface area (Å²) in [5.41, 5.74) is 8.42. The maximum absolute atomic E-state index is 9.92. The number of rotatable bonds is 1. The van der Waals surface area contributed by atoms with E-state index >= 15 is 0 Å². The number of aromatic nitrogens is 1. The largest absolute Gasteiger partial charge is 0.507 e. The molecule has 0 unspecified atom stereocenters. The van der Waals surface area contributed by atoms with Gasteiger partial charge in [0.05, 0.1) is 0 Å². The predicted octanol–water partition coefficient (Wildman–Crippen LogP) is 2.25. The van der Waals surface area contributed by atoms with E-state index in [2.05, 4.69) is 5.16 Å². The Balaban J connectivity index is 2.66. The van der Waals surface area contributed by atoms with Crippen molar-refractivity contribution < 1.29 is 9.63 Å². The monoisotopic (exact) mass is 204 g/mol. The Labute approximate surface area is 87.3 Å². The molecule has 0 aliphatic heterocycles. The van der Waals surface area contributed by atoms with Crippen molar-refractivity contribution in [3.8, 4) is 17.0 Å². The highest BCUT2D eigenvalue weighted by Crippen LogP contribution is 2.34. The zero-order valence-corrected chi connectivity index (χ0v) is 8.61. The van der Waals surface area contributed by atoms with Crippen LogP contribution in [0.1, 0.15) is 11.1 Å². The molecule has 15 heavy (non-hydrogen) atoms. The average Bonchev–Trinajstić information content (AvgIpc) is 2.59. The molecule has 78 valence electrons. The van der Waals surface area contributed by atoms with Crippen molar-refractivity contribution in [3.63, 3.8) is 0 Å². The first-order valence-corrected chi connectivity index (χ1v) is 4.61. The van der Waals surface area contributed by atoms with Crippen LogP contribution in [0.2, 0.25) is 0 Å². The highest BCUT2D eigenvalue weighted by molar-refractivity contribution is 5.73. The summed E-state index contributed by atoms with van der Waals surface area (Å²) in [4.78, 5) is 0. The third kappa shape index (κ3) is 1.54. The van der Waals surface area contributed by atoms with Crippen molar-refractivity contribution in [2.75, 3.05) is 5.73 Å². The minimum absolute atomic E-state index is 0.225. The zero-order chi connectivity index (χ0) is 11.0. The summed E-state index contributed by atoms with van der Waals surface area (Å²) in [7, 11) is 0. The van der Waals surface area contributed by atoms with Crippen LogP contribution in [-0.4, -0.2) is 10.3 Å². The van der Waals surface area contributed by atoms with Gasteiger partial charge in [0.2, 0.25) is 5.88 Å². The number of nitrogens with two attached hydrogens (primary N) is 1. The summed E-state index contributed by atoms with van der Waals surface area (Å²) >= 11 is 0. The lowest BCUT2D eigenvalue weighted by Crippen LogP contribution is -1.87. The summed E-state index contributed by atoms with van der Waals surface area (Å²) in [6.07, 6.45) is 0. The normalized spacial score (nSPS) is 10.5. The lowest BCUT2D eigenvalue weighted by atomic mass is 10.0. The standard InChI is InChI=1S/C11H12N2O2/c1-6-3-4-7(2)11(14)10(6)8-5-9(12)15-13-8/h3-5,14H,12H2,1-2H3. The van der Waals surface area contributed by atoms with Crippen molar-refractivity contribution in [2.24, 2.45) is 0 Å². The number of hydrogen-bond acceptors (Lipinski definition) is 4. The number of nitrogen functional groups attached to an aromatic ring is 1. The smallest absolute Gasteiger partial charge is 0.222 e. The minimum atomic E-state index is 0.225. The maximum Gasteiger partial charge on any atom is 0.222 e. The van der Waals surface area contributed by atoms with E-state index < -0.39 is 0 Å². The Kier molecular flexibility index (Phi) is 2.11. The maximum atomic E-state index is 9.92. The molecule has 0 fully saturated rings. The van der Waals surface area contributed by atoms with Gasteiger partial charge in [-0.3, -0.25) is 0 Å². The van der Waals surface area contributed by atoms with Crippen LogP contribution in [0, 0.1) is 13.8 Å². The van der Waals surface area contributed by atoms with E-state index in [4.69, 9.17) is 10.3 Å². The third-order valence-electron chi connectivity index (χ3n) is 2.37. The number of phenols is 1. The summed E-state index contributed by atoms with van der Waals surface area (Å²) in [5, 5.41) is 13.7. The van der Waals surface area contributed by atoms with E-state index in [9.17, 15) is 5.11 Å². The van der Waals surface area contributed by atoms with Crippen LogP contribution in [0.15, 0.2) is 22.7 Å². The molecule has 0 aliphatic carbocycles. The first-order valence-electron chi connectivity index (χ1n) is 4.61. The van der Waals surface area contributed by atoms with Gasteiger partial charge in [0.15, 0.2) is 0 Å². The lowest BCUT2D eigenvalue weighted by molar-refractivity contribution is 0.437. The molecule has 2 rings (SSSR count). The Morgan fingerprint density at radius 1 is 1.27 bits per heavy atom. The van der Waals surface area contributed by atoms with Crippen molar-refractivity contribution in [1.29, 1.82) is 0 Å². The van der Waals surface area contributed by atoms with Gasteiger partial charge in [-0.25, -0.2) is 0 Å². The molecule has 0 spiro atoms. The molecule has 4 heteroatoms. The van der Waals surface area contributed by atoms with Gasteiger partial charge < -0.3 is 15.4 Å². The van der Waals surface area contributed by atoms with E-state index in [1.165, 1.54) is 0 Å². The molecule has 4 nitrogen and oxygen atoms in total. The fourth-order valence-electron chi connectivity index (χ4n) is 1.53. The van der Waals surface area contributed by atoms with E-state index in [0.717, 1.165) is 11.1 Å². The summed E-state index contributed by atoms with van der Waals surface area (Å²) in [5.74, 6) is 0.466. The number of benzene rings is 1. The molecule has 0 atom stereocenters. The van der Waals surface area contributed by atoms with Gasteiger partial charge in [0, 0.05) is 11.6 Å². The average molecular weight is 204 g/mol. The van der Waals surface area contributed by atoms with Gasteiger partial charge in [-0.05, 0) is 25.0 Å². The van der Waals surface area contributed by atoms with Gasteiger partial charge in [0.25, 0.3) is 0 Å². The molecule has 1 aromatic carbocycles. The molecule has 3 N–H and O–H groups in total. The van der Waals surface area contributed by atoms with Crippen LogP contribution in [0.25, 0.3) is 11.3 Å². The van der Waals surface area contributed by atoms with Crippen LogP contribution < -0.4 is 5.73 Å². The molecule has 0 radical (unpaired) electrons. The number of anilines is 1. The second-order valence-electron chi connectivity index (χ2n) is 3.54. The number of aryl methyl sites for hydroxylation is 2. The summed E-state index contributed by atoms with van der Waals surface area (Å²) in [6, 6.07) is 5.38. The van der Waals surface area contributed by atoms with Gasteiger partial charge in [-0.15, -0.1) is 0 Å². The third-order valence-corrected chi connectivity index (χ3v) is 2.37. The fraction of sp³-hybridized carbons (Fsp3) is 0.182. The number of phenolic OH excluding ortho intramolecular Hbond substituents is 1. The highest BCUT2D eigenvalue weighted by Gasteiger charge is 2.13. The minimum Gasteiger partial charge on any atom is -0.507 e. The quantitative estimate of drug-likeness (QED) is 0.747. The van der Waals surface area contributed by atoms with E-state index in [-0.39, 0.29) is 11.6 Å². The second-order valence-corrected chi connectivity index (χ2v) is 3.54. The molecule has 2 aromatic rings. The predicted molar refractivity (Wildman–Crippen MR) is 57.5 cm³/mol. The van der Waals surface area contributed by atoms with Crippen LogP contribution in [0.5, 0.6) is 5.75 Å². The molecule has 0 aliphatic rings. The Hall–Kier alpha value is -1.97. The van der Waals surface area contributed by atoms with Crippen molar-refractivity contribution in [2.45, 2.75) is 13.8 Å². The van der Waals surface area contributed by atoms with Gasteiger partial charge in [0.1, 0.15) is 11.4 Å². The molecular formula is C11H12N2O2. The highest BCUT2D eigenvalue weighted by atomic mass is 16.5. The van der Waals surface area contributed by atoms with Gasteiger partial charge >= 0.3 is 0 Å². The number of hydrogen-bond donors (Lipinski definition) is 2. The molecule has 0 saturated heterocycles. The summed E-state index contributed by atoms with van der Waals surface area (Å²) < 4.78 is 4.79. The van der Waals surface area contributed by atoms with Crippen LogP contribution in [0.3, 0.4) is 0 Å². The first kappa shape index (κ1) is 9.58. The molecule has 0 amide bonds. The van der Waals surface area contributed by atoms with Crippen molar-refractivity contribution in [1.82, 2.24) is 5.16 Å². The lowest BCUT2D eigenvalue weighted by Gasteiger charge is -2.07. The zero-order valence-electron chi connectivity index (χ0n) is 8.61. The fourth-order valence-corrected chi connectivity index (χ4v) is 1.53. The van der Waals surface area contributed by atoms with Crippen LogP contribution in [-0.2, 0) is 0 Å². The van der Waals surface area contributed by atoms with Gasteiger partial charge in [-0.1, -0.05) is 17.3 Å². The molecular weight excluding hydrogens is 192 g/mol. The number of nitrogens with zero attached hydrogens (tertiary/aromatic N) is 1. The molecule has 1 aromatic heterocycles. The number of aromatic hydroxyl groups is 1. The molecule has 1 heterocycles. The first-order chi connectivity index (χ1) is 7.09. The topological polar surface area (TPSA) is 72.3 Å². The second kappa shape index (κ2) is 3.31. The van der Waals surface area contributed by atoms with E-state index in [1.54, 1.807) is 6.07 Å². The van der Waals surface area contributed by atoms with Gasteiger partial charge in [-0.2, -0.15) is 0 Å². The van der Waals surface area contributed by atoms with Crippen LogP contribution >= 0.6 is 0 Å². The van der Waals surface area contributed by atoms with Crippen molar-refractivity contribution in [3.05, 3.63) is 29.3 Å². The van der Waals surface area contributed by atoms with E-state index in [0.29, 0.717) is 11.3 Å². The molecule has 0 bridgehead atoms. The summed E-state index contributed by atoms with van der Waals surface area (Å²) in [6.45, 7) is 3.74. The Morgan fingerprint density at radius 2 is 1.93 bits per heavy atom. The molecule has 0 saturated carbocycles. The van der Waals surface area contributed by atoms with Crippen molar-refractivity contribution >= 4 is 5.88 Å². The van der Waals surface area contributed by atoms with E-state index in [1.807, 2.05) is 26.0 Å². The Bertz CT molecular complexity index is 503. The Morgan fingerprint density at radius 3 is 2.53 bits per heavy atom. The van der Waals surface area contributed by atoms with Crippen LogP contribution in [0.4, 0.5) is 5.88 Å².